The summed E-state index contributed by atoms with van der Waals surface area (Å²) in [6.07, 6.45) is 30.7. The number of hydrogen-bond donors (Lipinski definition) is 5. The van der Waals surface area contributed by atoms with Gasteiger partial charge in [0.2, 0.25) is 0 Å². The van der Waals surface area contributed by atoms with Crippen LogP contribution in [0.1, 0.15) is 341 Å². The molecule has 0 saturated heterocycles. The van der Waals surface area contributed by atoms with E-state index in [9.17, 15) is 68.4 Å². The summed E-state index contributed by atoms with van der Waals surface area (Å²) in [6.45, 7) is 32.1. The molecular weight excluding hydrogens is 1500 g/mol. The summed E-state index contributed by atoms with van der Waals surface area (Å²) in [7, 11) is 1.41. The Kier molecular flexibility index (Phi) is 27.9. The van der Waals surface area contributed by atoms with Crippen LogP contribution in [0.15, 0.2) is 0 Å². The van der Waals surface area contributed by atoms with Crippen LogP contribution in [0.25, 0.3) is 0 Å². The molecule has 0 bridgehead atoms. The Labute approximate surface area is 713 Å². The summed E-state index contributed by atoms with van der Waals surface area (Å²) in [4.78, 5) is 126. The lowest BCUT2D eigenvalue weighted by molar-refractivity contribution is -0.172. The minimum absolute atomic E-state index is 0.0105. The van der Waals surface area contributed by atoms with E-state index < -0.39 is 16.8 Å². The van der Waals surface area contributed by atoms with Gasteiger partial charge in [-0.25, -0.2) is 0 Å². The number of fused-ring (bicyclic) bond motifs is 20. The molecule has 0 heterocycles. The third-order valence-corrected chi connectivity index (χ3v) is 40.6. The predicted molar refractivity (Wildman–Crippen MR) is 454 cm³/mol. The quantitative estimate of drug-likeness (QED) is 0.0629. The summed E-state index contributed by atoms with van der Waals surface area (Å²) < 4.78 is 15.1. The maximum atomic E-state index is 13.7. The number of aliphatic carboxylic acids is 1. The molecule has 18 nitrogen and oxygen atoms in total. The number of carboxylic acid groups (broad SMARTS) is 1. The Morgan fingerprint density at radius 1 is 0.378 bits per heavy atom. The molecule has 0 aliphatic heterocycles. The van der Waals surface area contributed by atoms with Crippen molar-refractivity contribution in [1.82, 2.24) is 0 Å². The van der Waals surface area contributed by atoms with Gasteiger partial charge in [0.1, 0.15) is 34.7 Å². The minimum Gasteiger partial charge on any atom is -0.481 e. The highest BCUT2D eigenvalue weighted by molar-refractivity contribution is 5.94. The molecule has 5 N–H and O–H groups in total. The first kappa shape index (κ1) is 92.4. The highest BCUT2D eigenvalue weighted by Gasteiger charge is 2.70. The van der Waals surface area contributed by atoms with Gasteiger partial charge >= 0.3 is 23.9 Å². The van der Waals surface area contributed by atoms with Gasteiger partial charge in [-0.1, -0.05) is 83.1 Å². The number of Topliss-reactive ketones (excluding diaryl/α,β-unsaturated/α-hetero) is 6. The molecule has 119 heavy (non-hydrogen) atoms. The van der Waals surface area contributed by atoms with Crippen molar-refractivity contribution in [2.45, 2.75) is 365 Å². The fraction of sp³-hybridized carbons (Fsp3) is 0.901. The van der Waals surface area contributed by atoms with Crippen LogP contribution in [-0.2, 0) is 62.2 Å². The molecule has 0 aromatic heterocycles. The molecule has 16 saturated carbocycles. The van der Waals surface area contributed by atoms with Crippen LogP contribution >= 0.6 is 0 Å². The molecule has 16 aliphatic rings. The first-order valence-corrected chi connectivity index (χ1v) is 48.6. The van der Waals surface area contributed by atoms with E-state index in [-0.39, 0.29) is 159 Å². The number of aliphatic hydroxyl groups is 4. The Balaban J connectivity index is 0.000000137. The monoisotopic (exact) mass is 1660 g/mol. The van der Waals surface area contributed by atoms with Gasteiger partial charge in [-0.3, -0.25) is 47.9 Å². The van der Waals surface area contributed by atoms with E-state index in [1.165, 1.54) is 58.5 Å². The number of aliphatic hydroxyl groups excluding tert-OH is 4. The molecule has 16 aliphatic carbocycles. The number of ketones is 6. The lowest BCUT2D eigenvalue weighted by Gasteiger charge is -2.62. The molecule has 0 spiro atoms. The average Bonchev–Trinajstić information content (AvgIpc) is 1.66. The number of ether oxygens (including phenoxy) is 3. The second-order valence-electron chi connectivity index (χ2n) is 45.4. The van der Waals surface area contributed by atoms with E-state index in [0.29, 0.717) is 196 Å². The summed E-state index contributed by atoms with van der Waals surface area (Å²) in [6, 6.07) is 0. The van der Waals surface area contributed by atoms with E-state index in [2.05, 4.69) is 83.1 Å². The Bertz CT molecular complexity index is 3730. The second kappa shape index (κ2) is 35.9. The molecule has 16 fully saturated rings. The van der Waals surface area contributed by atoms with Gasteiger partial charge < -0.3 is 39.7 Å². The first-order valence-electron chi connectivity index (χ1n) is 48.6. The van der Waals surface area contributed by atoms with E-state index in [0.717, 1.165) is 103 Å². The number of rotatable bonds is 18. The molecular formula is C101H158O18. The van der Waals surface area contributed by atoms with Gasteiger partial charge in [0, 0.05) is 99.2 Å². The number of esters is 3. The Morgan fingerprint density at radius 2 is 0.765 bits per heavy atom. The Hall–Kier alpha value is -4.26. The van der Waals surface area contributed by atoms with Crippen molar-refractivity contribution in [2.75, 3.05) is 20.3 Å². The maximum Gasteiger partial charge on any atom is 0.305 e. The molecule has 0 radical (unpaired) electrons. The van der Waals surface area contributed by atoms with Crippen LogP contribution in [0.4, 0.5) is 0 Å². The van der Waals surface area contributed by atoms with Gasteiger partial charge in [0.15, 0.2) is 0 Å². The molecule has 670 valence electrons. The van der Waals surface area contributed by atoms with Crippen molar-refractivity contribution in [3.8, 4) is 0 Å². The SMILES string of the molecule is CCOC(=O)CC[C@@H](C)[C@H]1CC[C@H]2[C@@H]3CC(=O)[C@@H]4CC(=O)CC[C@]4(C)[C@H]3CC[C@]12C.CCOC(=O)CC[C@@H](C)[C@H]1CC[C@H]2[C@@H]3C[C@H](O)[C@@H]4C[C@H](O)CC[C@]4(C)[C@H]3CC[C@]12C.COC(=O)CC[C@@H](C)[C@H]1CC[C@H]2[C@@H]3C(=O)C[C@@H]4C[C@H](O)CC[C@]4(C)[C@H]3CC(=O)[C@]12C.C[C@H](CCC(=O)O)[C@H]1CC[C@H]2[C@@H]3C(=O)C[C@@H]4C[C@H](O)CC[C@]4(C)[C@H]3CC(=O)[C@]12C. The predicted octanol–water partition coefficient (Wildman–Crippen LogP) is 18.1. The second-order valence-corrected chi connectivity index (χ2v) is 45.4. The van der Waals surface area contributed by atoms with E-state index in [1.807, 2.05) is 13.8 Å². The summed E-state index contributed by atoms with van der Waals surface area (Å²) in [5, 5.41) is 50.8. The Morgan fingerprint density at radius 3 is 1.22 bits per heavy atom. The van der Waals surface area contributed by atoms with Crippen molar-refractivity contribution in [2.24, 2.45) is 185 Å². The third kappa shape index (κ3) is 16.7. The molecule has 0 aromatic carbocycles. The van der Waals surface area contributed by atoms with Crippen LogP contribution in [0, 0.1) is 185 Å². The summed E-state index contributed by atoms with van der Waals surface area (Å²) >= 11 is 0. The first-order chi connectivity index (χ1) is 56.1. The fourth-order valence-corrected chi connectivity index (χ4v) is 34.0. The largest absolute Gasteiger partial charge is 0.481 e. The number of carbonyl (C=O) groups is 10. The van der Waals surface area contributed by atoms with Crippen molar-refractivity contribution in [3.05, 3.63) is 0 Å². The van der Waals surface area contributed by atoms with E-state index >= 15 is 0 Å². The minimum atomic E-state index is -0.785. The number of hydrogen-bond acceptors (Lipinski definition) is 17. The molecule has 0 amide bonds. The zero-order chi connectivity index (χ0) is 86.3. The third-order valence-electron chi connectivity index (χ3n) is 40.6. The van der Waals surface area contributed by atoms with Crippen LogP contribution < -0.4 is 0 Å². The van der Waals surface area contributed by atoms with Crippen molar-refractivity contribution in [3.63, 3.8) is 0 Å². The average molecular weight is 1660 g/mol. The van der Waals surface area contributed by atoms with Crippen LogP contribution in [0.2, 0.25) is 0 Å². The van der Waals surface area contributed by atoms with Crippen LogP contribution in [0.3, 0.4) is 0 Å². The highest BCUT2D eigenvalue weighted by atomic mass is 16.5. The number of carboxylic acids is 1. The van der Waals surface area contributed by atoms with E-state index in [1.54, 1.807) is 0 Å². The molecule has 18 heteroatoms. The molecule has 0 unspecified atom stereocenters. The van der Waals surface area contributed by atoms with Crippen molar-refractivity contribution >= 4 is 58.6 Å². The van der Waals surface area contributed by atoms with Crippen LogP contribution in [-0.4, -0.2) is 129 Å². The van der Waals surface area contributed by atoms with Gasteiger partial charge in [-0.05, 0) is 344 Å². The lowest BCUT2D eigenvalue weighted by Crippen LogP contribution is -2.60. The number of carbonyl (C=O) groups excluding carboxylic acids is 9. The summed E-state index contributed by atoms with van der Waals surface area (Å²) in [5.74, 6) is 8.84. The standard InChI is InChI=1S/C26H44O4.C26H40O4.C25H38O5.C24H36O5/c2*1-5-30-24(29)9-6-16(2)19-7-8-20-18-15-23(28)22-14-17(27)10-12-26(22,4)21(18)11-13-25(19,20)3;1-14(5-8-22(29)30-4)17-6-7-18-23-19(13-21(28)25(17,18)3)24(2)10-9-16(26)11-15(24)12-20(23)27;1-13(4-7-21(28)29)16-5-6-17-22-18(12-20(27)24(16,17)3)23(2)9-8-15(25)10-14(23)11-19(22)26/h16-23,27-28H,5-15H2,1-4H3;16,18-22H,5-15H2,1-4H3;14-19,23,26H,5-13H2,1-4H3;13-18,22,25H,4-12H2,1-3H3,(H,28,29)/t16-,17-,18+,19-,20+,21+,22+,23+,25-,26-;16-,18+,19-,20+,21+,22+,25-,26-;14-,15+,16-,17-,18+,19+,23+,24+,25-;13-,14+,15-,16-,17+,18+,22+,23+,24-/m1111/s1. The summed E-state index contributed by atoms with van der Waals surface area (Å²) in [5.41, 5.74) is -0.143. The fourth-order valence-electron chi connectivity index (χ4n) is 34.0. The molecule has 16 rings (SSSR count). The van der Waals surface area contributed by atoms with Gasteiger partial charge in [-0.15, -0.1) is 0 Å². The molecule has 36 atom stereocenters. The molecule has 0 aromatic rings. The topological polar surface area (TPSA) is 300 Å². The lowest BCUT2D eigenvalue weighted by atomic mass is 9.43. The maximum absolute atomic E-state index is 13.7. The number of methoxy groups -OCH3 is 1. The van der Waals surface area contributed by atoms with Crippen LogP contribution in [0.5, 0.6) is 0 Å². The van der Waals surface area contributed by atoms with Crippen molar-refractivity contribution in [1.29, 1.82) is 0 Å². The smallest absolute Gasteiger partial charge is 0.305 e. The van der Waals surface area contributed by atoms with E-state index in [4.69, 9.17) is 19.3 Å². The zero-order valence-electron chi connectivity index (χ0n) is 76.0. The van der Waals surface area contributed by atoms with Crippen molar-refractivity contribution < 1.29 is 87.7 Å². The van der Waals surface area contributed by atoms with Gasteiger partial charge in [-0.2, -0.15) is 0 Å². The van der Waals surface area contributed by atoms with Gasteiger partial charge in [0.05, 0.1) is 44.7 Å². The highest BCUT2D eigenvalue weighted by Crippen LogP contribution is 2.73. The normalized spacial score (nSPS) is 46.8. The van der Waals surface area contributed by atoms with Gasteiger partial charge in [0.25, 0.3) is 0 Å². The zero-order valence-corrected chi connectivity index (χ0v) is 76.0.